The summed E-state index contributed by atoms with van der Waals surface area (Å²) in [6.45, 7) is 7.83. The van der Waals surface area contributed by atoms with Crippen LogP contribution >= 0.6 is 11.8 Å². The molecule has 0 aromatic heterocycles. The number of nitrogens with one attached hydrogen (secondary N) is 1. The molecule has 0 saturated carbocycles. The lowest BCUT2D eigenvalue weighted by atomic mass is 10.2. The van der Waals surface area contributed by atoms with Crippen LogP contribution in [0.15, 0.2) is 52.3 Å². The van der Waals surface area contributed by atoms with Crippen molar-refractivity contribution in [3.63, 3.8) is 0 Å². The molecule has 2 aromatic carbocycles. The zero-order chi connectivity index (χ0) is 15.2. The highest BCUT2D eigenvalue weighted by molar-refractivity contribution is 7.99. The van der Waals surface area contributed by atoms with Gasteiger partial charge < -0.3 is 5.32 Å². The van der Waals surface area contributed by atoms with Gasteiger partial charge in [0.1, 0.15) is 5.82 Å². The van der Waals surface area contributed by atoms with E-state index in [9.17, 15) is 4.39 Å². The summed E-state index contributed by atoms with van der Waals surface area (Å²) in [5.41, 5.74) is 1.99. The molecule has 2 rings (SSSR count). The first-order valence-corrected chi connectivity index (χ1v) is 8.10. The normalized spacial score (nSPS) is 11.1. The first kappa shape index (κ1) is 16.1. The molecule has 21 heavy (non-hydrogen) atoms. The first-order chi connectivity index (χ1) is 10.1. The zero-order valence-corrected chi connectivity index (χ0v) is 13.6. The Balaban J connectivity index is 2.14. The third-order valence-electron chi connectivity index (χ3n) is 3.18. The van der Waals surface area contributed by atoms with Crippen molar-refractivity contribution in [2.45, 2.75) is 37.1 Å². The predicted octanol–water partition coefficient (Wildman–Crippen LogP) is 5.03. The molecule has 0 aliphatic rings. The number of benzene rings is 2. The molecular weight excluding hydrogens is 281 g/mol. The van der Waals surface area contributed by atoms with Crippen LogP contribution in [0, 0.1) is 18.7 Å². The summed E-state index contributed by atoms with van der Waals surface area (Å²) in [4.78, 5) is 2.12. The Bertz CT molecular complexity index is 578. The number of aryl methyl sites for hydroxylation is 1. The molecule has 112 valence electrons. The molecule has 0 bridgehead atoms. The standard InChI is InChI=1S/C18H22FNS/c1-13(2)11-20-12-16-17(19)5-4-6-18(16)21-15-9-7-14(3)8-10-15/h4-10,13,20H,11-12H2,1-3H3. The van der Waals surface area contributed by atoms with Gasteiger partial charge in [-0.3, -0.25) is 0 Å². The molecule has 1 N–H and O–H groups in total. The van der Waals surface area contributed by atoms with Gasteiger partial charge in [-0.05, 0) is 43.7 Å². The fourth-order valence-electron chi connectivity index (χ4n) is 2.03. The van der Waals surface area contributed by atoms with Gasteiger partial charge in [0, 0.05) is 21.9 Å². The van der Waals surface area contributed by atoms with E-state index in [1.54, 1.807) is 17.8 Å². The Morgan fingerprint density at radius 3 is 2.48 bits per heavy atom. The Kier molecular flexibility index (Phi) is 5.83. The van der Waals surface area contributed by atoms with Crippen LogP contribution < -0.4 is 5.32 Å². The highest BCUT2D eigenvalue weighted by atomic mass is 32.2. The summed E-state index contributed by atoms with van der Waals surface area (Å²) in [6, 6.07) is 13.6. The van der Waals surface area contributed by atoms with Gasteiger partial charge in [0.15, 0.2) is 0 Å². The zero-order valence-electron chi connectivity index (χ0n) is 12.8. The van der Waals surface area contributed by atoms with Crippen molar-refractivity contribution >= 4 is 11.8 Å². The average Bonchev–Trinajstić information content (AvgIpc) is 2.44. The molecule has 0 aliphatic carbocycles. The number of halogens is 1. The largest absolute Gasteiger partial charge is 0.312 e. The maximum atomic E-state index is 14.1. The molecule has 0 radical (unpaired) electrons. The van der Waals surface area contributed by atoms with E-state index < -0.39 is 0 Å². The van der Waals surface area contributed by atoms with Crippen LogP contribution in [0.1, 0.15) is 25.0 Å². The Morgan fingerprint density at radius 1 is 1.10 bits per heavy atom. The van der Waals surface area contributed by atoms with E-state index in [1.165, 1.54) is 11.6 Å². The topological polar surface area (TPSA) is 12.0 Å². The quantitative estimate of drug-likeness (QED) is 0.803. The Labute approximate surface area is 131 Å². The van der Waals surface area contributed by atoms with E-state index in [-0.39, 0.29) is 5.82 Å². The van der Waals surface area contributed by atoms with Crippen LogP contribution in [0.3, 0.4) is 0 Å². The minimum Gasteiger partial charge on any atom is -0.312 e. The second kappa shape index (κ2) is 7.62. The monoisotopic (exact) mass is 303 g/mol. The second-order valence-corrected chi connectivity index (χ2v) is 6.77. The van der Waals surface area contributed by atoms with Crippen LogP contribution in [0.4, 0.5) is 4.39 Å². The summed E-state index contributed by atoms with van der Waals surface area (Å²) in [5.74, 6) is 0.424. The van der Waals surface area contributed by atoms with Crippen molar-refractivity contribution in [2.75, 3.05) is 6.54 Å². The molecule has 0 spiro atoms. The summed E-state index contributed by atoms with van der Waals surface area (Å²) < 4.78 is 14.1. The maximum absolute atomic E-state index is 14.1. The summed E-state index contributed by atoms with van der Waals surface area (Å²) in [5, 5.41) is 3.32. The van der Waals surface area contributed by atoms with Gasteiger partial charge in [-0.2, -0.15) is 0 Å². The summed E-state index contributed by atoms with van der Waals surface area (Å²) in [6.07, 6.45) is 0. The third-order valence-corrected chi connectivity index (χ3v) is 4.29. The van der Waals surface area contributed by atoms with Gasteiger partial charge in [0.05, 0.1) is 0 Å². The lowest BCUT2D eigenvalue weighted by Crippen LogP contribution is -2.20. The van der Waals surface area contributed by atoms with Crippen molar-refractivity contribution in [1.29, 1.82) is 0 Å². The molecule has 3 heteroatoms. The van der Waals surface area contributed by atoms with E-state index in [4.69, 9.17) is 0 Å². The first-order valence-electron chi connectivity index (χ1n) is 7.29. The molecule has 0 unspecified atom stereocenters. The van der Waals surface area contributed by atoms with E-state index in [0.29, 0.717) is 12.5 Å². The van der Waals surface area contributed by atoms with Gasteiger partial charge in [0.2, 0.25) is 0 Å². The van der Waals surface area contributed by atoms with Gasteiger partial charge in [-0.1, -0.05) is 49.4 Å². The number of hydrogen-bond donors (Lipinski definition) is 1. The van der Waals surface area contributed by atoms with Gasteiger partial charge >= 0.3 is 0 Å². The maximum Gasteiger partial charge on any atom is 0.128 e. The molecule has 0 fully saturated rings. The van der Waals surface area contributed by atoms with E-state index in [2.05, 4.69) is 50.4 Å². The second-order valence-electron chi connectivity index (χ2n) is 5.66. The van der Waals surface area contributed by atoms with Crippen molar-refractivity contribution in [1.82, 2.24) is 5.32 Å². The molecule has 0 amide bonds. The summed E-state index contributed by atoms with van der Waals surface area (Å²) >= 11 is 1.62. The Hall–Kier alpha value is -1.32. The smallest absolute Gasteiger partial charge is 0.128 e. The number of hydrogen-bond acceptors (Lipinski definition) is 2. The van der Waals surface area contributed by atoms with Crippen LogP contribution in [-0.4, -0.2) is 6.54 Å². The molecule has 2 aromatic rings. The van der Waals surface area contributed by atoms with Crippen LogP contribution in [0.5, 0.6) is 0 Å². The third kappa shape index (κ3) is 4.87. The average molecular weight is 303 g/mol. The van der Waals surface area contributed by atoms with E-state index in [0.717, 1.165) is 21.9 Å². The molecule has 1 nitrogen and oxygen atoms in total. The SMILES string of the molecule is Cc1ccc(Sc2cccc(F)c2CNCC(C)C)cc1. The Morgan fingerprint density at radius 2 is 1.81 bits per heavy atom. The minimum atomic E-state index is -0.136. The van der Waals surface area contributed by atoms with Crippen molar-refractivity contribution < 1.29 is 4.39 Å². The lowest BCUT2D eigenvalue weighted by molar-refractivity contribution is 0.530. The van der Waals surface area contributed by atoms with E-state index in [1.807, 2.05) is 6.07 Å². The number of rotatable bonds is 6. The molecule has 0 heterocycles. The van der Waals surface area contributed by atoms with Crippen LogP contribution in [-0.2, 0) is 6.54 Å². The van der Waals surface area contributed by atoms with Gasteiger partial charge in [-0.25, -0.2) is 4.39 Å². The molecule has 0 atom stereocenters. The van der Waals surface area contributed by atoms with Crippen molar-refractivity contribution in [2.24, 2.45) is 5.92 Å². The molecular formula is C18H22FNS. The van der Waals surface area contributed by atoms with Gasteiger partial charge in [0.25, 0.3) is 0 Å². The van der Waals surface area contributed by atoms with Crippen LogP contribution in [0.2, 0.25) is 0 Å². The molecule has 0 aliphatic heterocycles. The fraction of sp³-hybridized carbons (Fsp3) is 0.333. The fourth-order valence-corrected chi connectivity index (χ4v) is 2.99. The van der Waals surface area contributed by atoms with Crippen molar-refractivity contribution in [3.05, 3.63) is 59.4 Å². The van der Waals surface area contributed by atoms with E-state index >= 15 is 0 Å². The predicted molar refractivity (Wildman–Crippen MR) is 88.2 cm³/mol. The van der Waals surface area contributed by atoms with Crippen LogP contribution in [0.25, 0.3) is 0 Å². The summed E-state index contributed by atoms with van der Waals surface area (Å²) in [7, 11) is 0. The highest BCUT2D eigenvalue weighted by Crippen LogP contribution is 2.31. The lowest BCUT2D eigenvalue weighted by Gasteiger charge is -2.12. The minimum absolute atomic E-state index is 0.136. The molecule has 0 saturated heterocycles. The van der Waals surface area contributed by atoms with Crippen molar-refractivity contribution in [3.8, 4) is 0 Å². The van der Waals surface area contributed by atoms with Gasteiger partial charge in [-0.15, -0.1) is 0 Å². The highest BCUT2D eigenvalue weighted by Gasteiger charge is 2.09.